The van der Waals surface area contributed by atoms with Gasteiger partial charge in [-0.2, -0.15) is 0 Å². The van der Waals surface area contributed by atoms with Crippen molar-refractivity contribution >= 4 is 25.2 Å². The van der Waals surface area contributed by atoms with Gasteiger partial charge in [0.25, 0.3) is 0 Å². The standard InChI is InChI=1S/C6H8O4.BrH.HNO2.2H2N.Pt/c7-4(8)6(5(9)10)2-1-3-6;;2-1-3;;;/h1-3H2,(H,7,8)(H,9,10);1H;(H,2,3);2*1H2;/q;;;2*-1;+1/p-2. The third-order valence-electron chi connectivity index (χ3n) is 2.03. The minimum Gasteiger partial charge on any atom is -0.693 e. The molecule has 6 N–H and O–H groups in total. The van der Waals surface area contributed by atoms with Crippen LogP contribution < -0.4 is 0 Å². The van der Waals surface area contributed by atoms with Crippen LogP contribution in [0.1, 0.15) is 19.3 Å². The molecule has 1 fully saturated rings. The molecule has 0 amide bonds. The van der Waals surface area contributed by atoms with Crippen LogP contribution in [0.5, 0.6) is 0 Å². The van der Waals surface area contributed by atoms with E-state index in [0.717, 1.165) is 5.34 Å². The largest absolute Gasteiger partial charge is 0.693 e. The summed E-state index contributed by atoms with van der Waals surface area (Å²) in [6, 6.07) is 0. The van der Waals surface area contributed by atoms with Crippen molar-refractivity contribution in [1.29, 1.82) is 0 Å². The van der Waals surface area contributed by atoms with E-state index in [2.05, 4.69) is 13.3 Å². The molecule has 0 spiro atoms. The Balaban J connectivity index is -0.000000106. The number of carboxylic acid groups (broad SMARTS) is 2. The Bertz CT molecular complexity index is 222. The third-order valence-corrected chi connectivity index (χ3v) is 2.03. The monoisotopic (exact) mass is 496 g/mol. The Labute approximate surface area is 115 Å². The van der Waals surface area contributed by atoms with Crippen molar-refractivity contribution in [3.63, 3.8) is 0 Å². The maximum Gasteiger partial charge on any atom is -0.693 e. The molecule has 1 saturated carbocycles. The van der Waals surface area contributed by atoms with Gasteiger partial charge in [-0.1, -0.05) is 0 Å². The fourth-order valence-electron chi connectivity index (χ4n) is 1.05. The average molecular weight is 497 g/mol. The van der Waals surface area contributed by atoms with E-state index in [0.29, 0.717) is 6.42 Å². The number of nitrogens with zero attached hydrogens (tertiary/aromatic N) is 1. The number of hydrogen-bond acceptors (Lipinski definition) is 5. The molecule has 17 heavy (non-hydrogen) atoms. The van der Waals surface area contributed by atoms with Crippen LogP contribution in [0.4, 0.5) is 0 Å². The van der Waals surface area contributed by atoms with E-state index in [1.165, 1.54) is 0 Å². The smallest absolute Gasteiger partial charge is 0.693 e. The van der Waals surface area contributed by atoms with Crippen molar-refractivity contribution in [2.24, 2.45) is 10.8 Å². The van der Waals surface area contributed by atoms with Gasteiger partial charge >= 0.3 is 43.0 Å². The molecule has 0 aliphatic heterocycles. The predicted octanol–water partition coefficient (Wildman–Crippen LogP) is 2.85. The second-order valence-corrected chi connectivity index (χ2v) is 2.62. The molecule has 9 nitrogen and oxygen atoms in total. The second kappa shape index (κ2) is 13.5. The average Bonchev–Trinajstić information content (AvgIpc) is 2.05. The zero-order valence-corrected chi connectivity index (χ0v) is 12.3. The van der Waals surface area contributed by atoms with Crippen molar-refractivity contribution in [3.8, 4) is 0 Å². The fourth-order valence-corrected chi connectivity index (χ4v) is 1.05. The summed E-state index contributed by atoms with van der Waals surface area (Å²) in [5.41, 5.74) is -1.44. The predicted molar refractivity (Wildman–Crippen MR) is 60.2 cm³/mol. The molecule has 0 saturated heterocycles. The van der Waals surface area contributed by atoms with E-state index in [1.54, 1.807) is 0 Å². The van der Waals surface area contributed by atoms with E-state index in [-0.39, 0.29) is 25.1 Å². The number of rotatable bonds is 2. The summed E-state index contributed by atoms with van der Waals surface area (Å²) in [7, 11) is 0. The normalized spacial score (nSPS) is 13.6. The van der Waals surface area contributed by atoms with Gasteiger partial charge in [0.2, 0.25) is 0 Å². The van der Waals surface area contributed by atoms with E-state index in [4.69, 9.17) is 20.3 Å². The van der Waals surface area contributed by atoms with Gasteiger partial charge in [-0.3, -0.25) is 9.59 Å². The van der Waals surface area contributed by atoms with Crippen LogP contribution in [0.15, 0.2) is 5.34 Å². The Hall–Kier alpha value is -0.572. The quantitative estimate of drug-likeness (QED) is 0.334. The molecule has 0 radical (unpaired) electrons. The van der Waals surface area contributed by atoms with Crippen LogP contribution in [-0.4, -0.2) is 22.2 Å². The third kappa shape index (κ3) is 7.37. The number of hydrogen-bond donors (Lipinski definition) is 2. The molecule has 1 rings (SSSR count). The van der Waals surface area contributed by atoms with Crippen LogP contribution >= 0.6 is 13.3 Å². The molecular weight excluding hydrogens is 485 g/mol. The first kappa shape index (κ1) is 25.3. The van der Waals surface area contributed by atoms with E-state index < -0.39 is 17.4 Å². The topological polar surface area (TPSA) is 194 Å². The number of carboxylic acids is 2. The van der Waals surface area contributed by atoms with Gasteiger partial charge in [0.05, 0.1) is 0 Å². The van der Waals surface area contributed by atoms with Crippen LogP contribution in [-0.2, 0) is 27.3 Å². The van der Waals surface area contributed by atoms with Crippen molar-refractivity contribution < 1.29 is 37.6 Å². The van der Waals surface area contributed by atoms with Crippen molar-refractivity contribution in [2.45, 2.75) is 19.3 Å². The Kier molecular flexibility index (Phi) is 20.1. The molecule has 0 bridgehead atoms. The minimum absolute atomic E-state index is 0. The maximum absolute atomic E-state index is 10.4. The van der Waals surface area contributed by atoms with Gasteiger partial charge in [-0.25, -0.2) is 0 Å². The summed E-state index contributed by atoms with van der Waals surface area (Å²) in [4.78, 5) is 28.7. The zero-order valence-electron chi connectivity index (χ0n) is 8.44. The molecule has 1 aliphatic rings. The second-order valence-electron chi connectivity index (χ2n) is 2.62. The van der Waals surface area contributed by atoms with Crippen molar-refractivity contribution in [3.05, 3.63) is 22.4 Å². The van der Waals surface area contributed by atoms with Gasteiger partial charge in [-0.05, 0) is 19.3 Å². The van der Waals surface area contributed by atoms with Crippen LogP contribution in [0.25, 0.3) is 12.3 Å². The molecule has 0 aromatic heterocycles. The summed E-state index contributed by atoms with van der Waals surface area (Å²) in [6.07, 6.45) is 1.26. The summed E-state index contributed by atoms with van der Waals surface area (Å²) in [5.74, 6) is -2.41. The molecule has 0 unspecified atom stereocenters. The Morgan fingerprint density at radius 3 is 1.41 bits per heavy atom. The summed E-state index contributed by atoms with van der Waals surface area (Å²) < 4.78 is 0. The molecule has 11 heteroatoms. The van der Waals surface area contributed by atoms with E-state index in [9.17, 15) is 9.59 Å². The SMILES string of the molecule is O=C(O)C1(C(=O)O)CCC1.O=N[O-].[Br][Pt].[NH2-].[NH2-]. The van der Waals surface area contributed by atoms with Crippen LogP contribution in [0, 0.1) is 15.5 Å². The van der Waals surface area contributed by atoms with Gasteiger partial charge in [0.1, 0.15) is 0 Å². The number of carbonyl (C=O) groups is 2. The first-order valence-electron chi connectivity index (χ1n) is 3.55. The van der Waals surface area contributed by atoms with Gasteiger partial charge < -0.3 is 32.6 Å². The van der Waals surface area contributed by atoms with Crippen LogP contribution in [0.2, 0.25) is 0 Å². The van der Waals surface area contributed by atoms with Gasteiger partial charge in [0.15, 0.2) is 5.41 Å². The number of aliphatic carboxylic acids is 2. The zero-order chi connectivity index (χ0) is 12.5. The molecule has 0 aromatic rings. The number of nitrogens with two attached hydrogens (primary N) is 2. The van der Waals surface area contributed by atoms with Gasteiger partial charge in [-0.15, -0.1) is 5.34 Å². The number of halogens is 1. The minimum atomic E-state index is -1.44. The summed E-state index contributed by atoms with van der Waals surface area (Å²) >= 11 is 4.86. The summed E-state index contributed by atoms with van der Waals surface area (Å²) in [5, 5.41) is 25.9. The van der Waals surface area contributed by atoms with E-state index in [1.807, 2.05) is 17.8 Å². The summed E-state index contributed by atoms with van der Waals surface area (Å²) in [6.45, 7) is 0. The first-order valence-corrected chi connectivity index (χ1v) is 8.51. The maximum atomic E-state index is 10.4. The molecule has 0 atom stereocenters. The Morgan fingerprint density at radius 1 is 1.18 bits per heavy atom. The van der Waals surface area contributed by atoms with Gasteiger partial charge in [0, 0.05) is 0 Å². The van der Waals surface area contributed by atoms with Crippen LogP contribution in [0.3, 0.4) is 0 Å². The molecule has 0 heterocycles. The molecule has 107 valence electrons. The molecule has 0 aromatic carbocycles. The molecule has 1 aliphatic carbocycles. The van der Waals surface area contributed by atoms with Crippen molar-refractivity contribution in [1.82, 2.24) is 0 Å². The Morgan fingerprint density at radius 2 is 1.41 bits per heavy atom. The fraction of sp³-hybridized carbons (Fsp3) is 0.667. The first-order chi connectivity index (χ1) is 7.01. The van der Waals surface area contributed by atoms with E-state index >= 15 is 0 Å². The molecular formula is C6H12BrN3O6Pt-3. The van der Waals surface area contributed by atoms with Crippen molar-refractivity contribution in [2.75, 3.05) is 0 Å².